The number of rotatable bonds is 2. The molecule has 0 radical (unpaired) electrons. The van der Waals surface area contributed by atoms with Gasteiger partial charge >= 0.3 is 6.18 Å². The third-order valence-electron chi connectivity index (χ3n) is 4.63. The van der Waals surface area contributed by atoms with Crippen molar-refractivity contribution in [2.24, 2.45) is 0 Å². The number of H-pyrrole nitrogens is 1. The third-order valence-corrected chi connectivity index (χ3v) is 5.06. The number of pyridine rings is 2. The van der Waals surface area contributed by atoms with Crippen molar-refractivity contribution in [1.29, 1.82) is 5.26 Å². The van der Waals surface area contributed by atoms with E-state index in [1.165, 1.54) is 4.90 Å². The summed E-state index contributed by atoms with van der Waals surface area (Å²) in [6.45, 7) is 0.397. The predicted molar refractivity (Wildman–Crippen MR) is 98.5 cm³/mol. The number of halogens is 4. The topological polar surface area (TPSA) is 71.8 Å². The molecule has 0 atom stereocenters. The minimum Gasteiger partial charge on any atom is -0.366 e. The monoisotopic (exact) mass is 438 g/mol. The molecule has 1 saturated heterocycles. The Morgan fingerprint density at radius 3 is 2.59 bits per heavy atom. The number of nitrogens with one attached hydrogen (secondary N) is 1. The van der Waals surface area contributed by atoms with E-state index in [2.05, 4.69) is 37.0 Å². The Labute approximate surface area is 160 Å². The highest BCUT2D eigenvalue weighted by molar-refractivity contribution is 9.10. The van der Waals surface area contributed by atoms with Gasteiger partial charge in [0.2, 0.25) is 0 Å². The van der Waals surface area contributed by atoms with Gasteiger partial charge in [-0.05, 0) is 22.0 Å². The Morgan fingerprint density at radius 1 is 1.19 bits per heavy atom. The molecule has 3 aromatic rings. The minimum atomic E-state index is -4.21. The number of hydrogen-bond acceptors (Lipinski definition) is 5. The molecule has 10 heteroatoms. The van der Waals surface area contributed by atoms with E-state index in [-0.39, 0.29) is 18.8 Å². The molecule has 1 N–H and O–H groups in total. The summed E-state index contributed by atoms with van der Waals surface area (Å²) in [4.78, 5) is 15.1. The molecule has 0 saturated carbocycles. The number of hydrogen-bond donors (Lipinski definition) is 1. The van der Waals surface area contributed by atoms with Crippen molar-refractivity contribution in [2.45, 2.75) is 6.18 Å². The molecule has 4 rings (SSSR count). The van der Waals surface area contributed by atoms with Gasteiger partial charge in [-0.15, -0.1) is 0 Å². The van der Waals surface area contributed by atoms with Gasteiger partial charge in [0.1, 0.15) is 11.7 Å². The first-order chi connectivity index (χ1) is 12.9. The molecule has 3 aromatic heterocycles. The second kappa shape index (κ2) is 6.65. The Balaban J connectivity index is 1.76. The summed E-state index contributed by atoms with van der Waals surface area (Å²) in [5, 5.41) is 11.2. The standard InChI is InChI=1S/C17H14BrF3N6/c18-10-5-11-14-13(25-16(11)24-7-10)8-23-12(6-22)15(14)27-3-1-26(2-4-27)9-17(19,20)21/h5,7-8H,1-4,9H2,(H,24,25). The van der Waals surface area contributed by atoms with Crippen LogP contribution in [0.1, 0.15) is 5.69 Å². The van der Waals surface area contributed by atoms with E-state index in [0.717, 1.165) is 20.8 Å². The zero-order chi connectivity index (χ0) is 19.2. The van der Waals surface area contributed by atoms with Crippen LogP contribution in [0.25, 0.3) is 21.9 Å². The molecule has 0 aromatic carbocycles. The number of nitrogens with zero attached hydrogens (tertiary/aromatic N) is 5. The van der Waals surface area contributed by atoms with Gasteiger partial charge in [0, 0.05) is 47.6 Å². The lowest BCUT2D eigenvalue weighted by atomic mass is 10.1. The number of aromatic nitrogens is 3. The number of nitriles is 1. The highest BCUT2D eigenvalue weighted by Gasteiger charge is 2.33. The first kappa shape index (κ1) is 18.0. The van der Waals surface area contributed by atoms with E-state index in [9.17, 15) is 18.4 Å². The predicted octanol–water partition coefficient (Wildman–Crippen LogP) is 3.43. The maximum atomic E-state index is 12.6. The summed E-state index contributed by atoms with van der Waals surface area (Å²) in [5.41, 5.74) is 2.31. The van der Waals surface area contributed by atoms with Crippen LogP contribution in [0.2, 0.25) is 0 Å². The Kier molecular flexibility index (Phi) is 4.44. The van der Waals surface area contributed by atoms with Gasteiger partial charge in [0.05, 0.1) is 23.9 Å². The summed E-state index contributed by atoms with van der Waals surface area (Å²) < 4.78 is 38.7. The van der Waals surface area contributed by atoms with Crippen molar-refractivity contribution in [3.63, 3.8) is 0 Å². The molecule has 140 valence electrons. The summed E-state index contributed by atoms with van der Waals surface area (Å²) in [6.07, 6.45) is -0.949. The molecule has 0 bridgehead atoms. The lowest BCUT2D eigenvalue weighted by molar-refractivity contribution is -0.146. The lowest BCUT2D eigenvalue weighted by Crippen LogP contribution is -2.49. The van der Waals surface area contributed by atoms with Crippen LogP contribution in [-0.2, 0) is 0 Å². The van der Waals surface area contributed by atoms with Gasteiger partial charge in [-0.3, -0.25) is 4.90 Å². The van der Waals surface area contributed by atoms with Crippen molar-refractivity contribution >= 4 is 43.6 Å². The number of aromatic amines is 1. The molecular weight excluding hydrogens is 425 g/mol. The van der Waals surface area contributed by atoms with Crippen LogP contribution in [0.3, 0.4) is 0 Å². The zero-order valence-corrected chi connectivity index (χ0v) is 15.6. The SMILES string of the molecule is N#Cc1ncc2[nH]c3ncc(Br)cc3c2c1N1CCN(CC(F)(F)F)CC1. The molecular formula is C17H14BrF3N6. The van der Waals surface area contributed by atoms with Crippen LogP contribution >= 0.6 is 15.9 Å². The van der Waals surface area contributed by atoms with E-state index in [1.54, 1.807) is 12.4 Å². The fourth-order valence-electron chi connectivity index (χ4n) is 3.50. The van der Waals surface area contributed by atoms with Gasteiger partial charge in [0.25, 0.3) is 0 Å². The first-order valence-corrected chi connectivity index (χ1v) is 9.05. The molecule has 1 aliphatic heterocycles. The van der Waals surface area contributed by atoms with Crippen molar-refractivity contribution in [3.8, 4) is 6.07 Å². The highest BCUT2D eigenvalue weighted by Crippen LogP contribution is 2.36. The summed E-state index contributed by atoms with van der Waals surface area (Å²) in [7, 11) is 0. The average molecular weight is 439 g/mol. The lowest BCUT2D eigenvalue weighted by Gasteiger charge is -2.36. The van der Waals surface area contributed by atoms with E-state index < -0.39 is 12.7 Å². The van der Waals surface area contributed by atoms with Crippen molar-refractivity contribution < 1.29 is 13.2 Å². The first-order valence-electron chi connectivity index (χ1n) is 8.26. The maximum absolute atomic E-state index is 12.6. The quantitative estimate of drug-likeness (QED) is 0.663. The van der Waals surface area contributed by atoms with E-state index >= 15 is 0 Å². The summed E-state index contributed by atoms with van der Waals surface area (Å²) >= 11 is 3.41. The molecule has 0 spiro atoms. The fraction of sp³-hybridized carbons (Fsp3) is 0.353. The van der Waals surface area contributed by atoms with Crippen LogP contribution in [0, 0.1) is 11.3 Å². The summed E-state index contributed by atoms with van der Waals surface area (Å²) in [6, 6.07) is 4.02. The molecule has 1 fully saturated rings. The molecule has 0 unspecified atom stereocenters. The minimum absolute atomic E-state index is 0.257. The highest BCUT2D eigenvalue weighted by atomic mass is 79.9. The van der Waals surface area contributed by atoms with E-state index in [0.29, 0.717) is 24.4 Å². The fourth-order valence-corrected chi connectivity index (χ4v) is 3.83. The van der Waals surface area contributed by atoms with Crippen molar-refractivity contribution in [2.75, 3.05) is 37.6 Å². The molecule has 27 heavy (non-hydrogen) atoms. The largest absolute Gasteiger partial charge is 0.401 e. The number of anilines is 1. The molecule has 4 heterocycles. The second-order valence-electron chi connectivity index (χ2n) is 6.41. The van der Waals surface area contributed by atoms with Gasteiger partial charge < -0.3 is 9.88 Å². The van der Waals surface area contributed by atoms with Crippen LogP contribution in [0.5, 0.6) is 0 Å². The number of piperazine rings is 1. The van der Waals surface area contributed by atoms with Crippen molar-refractivity contribution in [3.05, 3.63) is 28.6 Å². The van der Waals surface area contributed by atoms with Crippen LogP contribution in [0.15, 0.2) is 22.9 Å². The van der Waals surface area contributed by atoms with Gasteiger partial charge in [0.15, 0.2) is 5.69 Å². The second-order valence-corrected chi connectivity index (χ2v) is 7.32. The molecule has 0 amide bonds. The Bertz CT molecular complexity index is 1050. The average Bonchev–Trinajstić information content (AvgIpc) is 2.98. The van der Waals surface area contributed by atoms with Gasteiger partial charge in [-0.25, -0.2) is 9.97 Å². The molecule has 0 aliphatic carbocycles. The van der Waals surface area contributed by atoms with E-state index in [1.807, 2.05) is 11.0 Å². The molecule has 6 nitrogen and oxygen atoms in total. The number of fused-ring (bicyclic) bond motifs is 3. The van der Waals surface area contributed by atoms with Gasteiger partial charge in [-0.1, -0.05) is 0 Å². The zero-order valence-electron chi connectivity index (χ0n) is 14.0. The smallest absolute Gasteiger partial charge is 0.366 e. The summed E-state index contributed by atoms with van der Waals surface area (Å²) in [5.74, 6) is 0. The molecule has 1 aliphatic rings. The normalized spacial score (nSPS) is 16.2. The van der Waals surface area contributed by atoms with Gasteiger partial charge in [-0.2, -0.15) is 18.4 Å². The van der Waals surface area contributed by atoms with Crippen LogP contribution in [-0.4, -0.2) is 58.8 Å². The maximum Gasteiger partial charge on any atom is 0.401 e. The Morgan fingerprint density at radius 2 is 1.93 bits per heavy atom. The van der Waals surface area contributed by atoms with Crippen LogP contribution < -0.4 is 4.90 Å². The van der Waals surface area contributed by atoms with Crippen LogP contribution in [0.4, 0.5) is 18.9 Å². The van der Waals surface area contributed by atoms with E-state index in [4.69, 9.17) is 0 Å². The number of alkyl halides is 3. The third kappa shape index (κ3) is 3.44. The van der Waals surface area contributed by atoms with Crippen molar-refractivity contribution in [1.82, 2.24) is 19.9 Å². The Hall–Kier alpha value is -2.38.